The number of piperidine rings is 2. The van der Waals surface area contributed by atoms with Gasteiger partial charge in [-0.05, 0) is 70.9 Å². The van der Waals surface area contributed by atoms with Gasteiger partial charge in [0.2, 0.25) is 11.9 Å². The molecule has 4 unspecified atom stereocenters. The largest absolute Gasteiger partial charge is 0.477 e. The average molecular weight is 992 g/mol. The van der Waals surface area contributed by atoms with Gasteiger partial charge in [-0.1, -0.05) is 47.5 Å². The summed E-state index contributed by atoms with van der Waals surface area (Å²) >= 11 is 12.4. The summed E-state index contributed by atoms with van der Waals surface area (Å²) in [5.41, 5.74) is 8.97. The van der Waals surface area contributed by atoms with Crippen molar-refractivity contribution in [2.75, 3.05) is 125 Å². The van der Waals surface area contributed by atoms with E-state index in [-0.39, 0.29) is 24.7 Å². The van der Waals surface area contributed by atoms with Gasteiger partial charge in [0, 0.05) is 114 Å². The number of hydrogen-bond donors (Lipinski definition) is 7. The van der Waals surface area contributed by atoms with E-state index >= 15 is 0 Å². The molecule has 10 rings (SSSR count). The van der Waals surface area contributed by atoms with Crippen LogP contribution in [0.4, 0.5) is 23.5 Å². The molecule has 0 spiro atoms. The van der Waals surface area contributed by atoms with Crippen LogP contribution in [0, 0.1) is 23.7 Å². The molecule has 2 saturated carbocycles. The summed E-state index contributed by atoms with van der Waals surface area (Å²) in [6, 6.07) is 10.9. The van der Waals surface area contributed by atoms with Crippen LogP contribution in [0.15, 0.2) is 48.8 Å². The second-order valence-electron chi connectivity index (χ2n) is 18.3. The molecule has 4 aromatic rings. The number of aliphatic hydroxyl groups is 2. The molecule has 6 fully saturated rings. The Morgan fingerprint density at radius 1 is 0.681 bits per heavy atom. The number of nitrogens with two attached hydrogens (primary N) is 1. The molecular formula is C48H64Cl2N12O7. The average Bonchev–Trinajstić information content (AvgIpc) is 4.21. The molecule has 4 aliphatic heterocycles. The Morgan fingerprint density at radius 3 is 1.57 bits per heavy atom. The number of aliphatic hydroxyl groups excluding tert-OH is 2. The highest BCUT2D eigenvalue weighted by molar-refractivity contribution is 6.31. The summed E-state index contributed by atoms with van der Waals surface area (Å²) in [6.07, 6.45) is 5.56. The molecule has 4 atom stereocenters. The van der Waals surface area contributed by atoms with Crippen molar-refractivity contribution >= 4 is 58.6 Å². The van der Waals surface area contributed by atoms with E-state index in [0.29, 0.717) is 69.9 Å². The predicted molar refractivity (Wildman–Crippen MR) is 264 cm³/mol. The molecule has 2 aliphatic carbocycles. The van der Waals surface area contributed by atoms with E-state index in [0.717, 1.165) is 133 Å². The van der Waals surface area contributed by atoms with Crippen LogP contribution in [0.5, 0.6) is 0 Å². The molecule has 19 nitrogen and oxygen atoms in total. The van der Waals surface area contributed by atoms with Crippen LogP contribution in [-0.2, 0) is 35.8 Å². The lowest BCUT2D eigenvalue weighted by atomic mass is 10.1. The van der Waals surface area contributed by atoms with Crippen molar-refractivity contribution in [1.82, 2.24) is 35.1 Å². The van der Waals surface area contributed by atoms with Gasteiger partial charge in [0.1, 0.15) is 22.8 Å². The number of carbonyl (C=O) groups is 2. The van der Waals surface area contributed by atoms with Crippen molar-refractivity contribution in [1.29, 1.82) is 0 Å². The van der Waals surface area contributed by atoms with Crippen LogP contribution in [-0.4, -0.2) is 162 Å². The highest BCUT2D eigenvalue weighted by Gasteiger charge is 2.47. The lowest BCUT2D eigenvalue weighted by Crippen LogP contribution is -2.41. The number of amides is 1. The number of morpholine rings is 2. The number of nitrogens with zero attached hydrogens (tertiary/aromatic N) is 8. The molecule has 69 heavy (non-hydrogen) atoms. The number of aromatic carboxylic acids is 1. The first kappa shape index (κ1) is 50.4. The van der Waals surface area contributed by atoms with E-state index in [2.05, 4.69) is 50.5 Å². The normalized spacial score (nSPS) is 21.5. The number of halogens is 2. The second kappa shape index (κ2) is 24.2. The van der Waals surface area contributed by atoms with Gasteiger partial charge in [0.05, 0.1) is 39.6 Å². The first-order valence-corrected chi connectivity index (χ1v) is 24.6. The minimum atomic E-state index is -1.07. The standard InChI is InChI=1S/C24H31ClN6O3.C18H19ClN4O3.C6H14N2O/c25-21-9-16(1-2-17(21)15-32)11-27-22-20(23(33)26-3-4-30-5-7-34-8-6-30)12-28-24(29-22)31-13-18-10-19(18)14-31;19-15-3-10(1-2-11(15)9-24)5-20-16-14(17(25)26)6-21-18(22-16)23-7-12-4-13(12)8-23;7-1-2-8-3-5-9-6-4-8/h1-2,9,12,18-19,32H,3-8,10-11,13-15H2,(H,26,33)(H,27,28,29);1-3,6,12-13,24H,4-5,7-9H2,(H,25,26)(H,20,21,22);1-7H2. The molecule has 372 valence electrons. The highest BCUT2D eigenvalue weighted by Crippen LogP contribution is 2.46. The summed E-state index contributed by atoms with van der Waals surface area (Å²) in [5, 5.41) is 38.3. The minimum Gasteiger partial charge on any atom is -0.477 e. The third-order valence-electron chi connectivity index (χ3n) is 13.4. The Morgan fingerprint density at radius 2 is 1.13 bits per heavy atom. The lowest BCUT2D eigenvalue weighted by Gasteiger charge is -2.26. The van der Waals surface area contributed by atoms with Crippen LogP contribution in [0.1, 0.15) is 55.8 Å². The zero-order valence-corrected chi connectivity index (χ0v) is 40.4. The highest BCUT2D eigenvalue weighted by atomic mass is 35.5. The van der Waals surface area contributed by atoms with E-state index in [1.807, 2.05) is 18.2 Å². The van der Waals surface area contributed by atoms with Gasteiger partial charge in [-0.2, -0.15) is 9.97 Å². The SMILES string of the molecule is NCCN1CCOCC1.O=C(NCCN1CCOCC1)c1cnc(N2CC3CC3C2)nc1NCc1ccc(CO)c(Cl)c1.O=C(O)c1cnc(N2CC3CC3C2)nc1NCc1ccc(CO)c(Cl)c1. The zero-order chi connectivity index (χ0) is 48.3. The van der Waals surface area contributed by atoms with Gasteiger partial charge in [-0.3, -0.25) is 14.6 Å². The molecule has 4 saturated heterocycles. The molecular weight excluding hydrogens is 928 g/mol. The smallest absolute Gasteiger partial charge is 0.341 e. The number of hydrogen-bond acceptors (Lipinski definition) is 17. The Hall–Kier alpha value is -4.96. The summed E-state index contributed by atoms with van der Waals surface area (Å²) < 4.78 is 10.5. The Bertz CT molecular complexity index is 2350. The van der Waals surface area contributed by atoms with Gasteiger partial charge < -0.3 is 56.3 Å². The molecule has 2 aromatic heterocycles. The number of nitrogens with one attached hydrogen (secondary N) is 3. The molecule has 0 radical (unpaired) electrons. The lowest BCUT2D eigenvalue weighted by molar-refractivity contribution is 0.0383. The van der Waals surface area contributed by atoms with Crippen LogP contribution >= 0.6 is 23.2 Å². The van der Waals surface area contributed by atoms with Crippen molar-refractivity contribution in [3.63, 3.8) is 0 Å². The molecule has 6 aliphatic rings. The Kier molecular flexibility index (Phi) is 17.7. The number of anilines is 4. The quantitative estimate of drug-likeness (QED) is 0.0802. The maximum atomic E-state index is 13.0. The van der Waals surface area contributed by atoms with Crippen molar-refractivity contribution in [3.05, 3.63) is 92.2 Å². The van der Waals surface area contributed by atoms with Crippen molar-refractivity contribution in [2.24, 2.45) is 29.4 Å². The number of benzene rings is 2. The van der Waals surface area contributed by atoms with Gasteiger partial charge in [-0.15, -0.1) is 0 Å². The van der Waals surface area contributed by atoms with Crippen molar-refractivity contribution < 1.29 is 34.4 Å². The van der Waals surface area contributed by atoms with E-state index in [1.165, 1.54) is 19.0 Å². The number of carbonyl (C=O) groups excluding carboxylic acids is 1. The van der Waals surface area contributed by atoms with Gasteiger partial charge in [0.15, 0.2) is 0 Å². The minimum absolute atomic E-state index is 0.0381. The van der Waals surface area contributed by atoms with E-state index in [4.69, 9.17) is 43.4 Å². The maximum absolute atomic E-state index is 13.0. The molecule has 0 bridgehead atoms. The summed E-state index contributed by atoms with van der Waals surface area (Å²) in [4.78, 5) is 51.4. The zero-order valence-electron chi connectivity index (χ0n) is 38.9. The molecule has 8 N–H and O–H groups in total. The third kappa shape index (κ3) is 13.9. The van der Waals surface area contributed by atoms with E-state index in [1.54, 1.807) is 24.4 Å². The predicted octanol–water partition coefficient (Wildman–Crippen LogP) is 3.42. The first-order valence-electron chi connectivity index (χ1n) is 23.9. The summed E-state index contributed by atoms with van der Waals surface area (Å²) in [6.45, 7) is 14.6. The summed E-state index contributed by atoms with van der Waals surface area (Å²) in [5.74, 6) is 3.76. The number of aromatic nitrogens is 4. The Balaban J connectivity index is 0.000000161. The monoisotopic (exact) mass is 990 g/mol. The number of carboxylic acid groups (broad SMARTS) is 1. The van der Waals surface area contributed by atoms with Gasteiger partial charge >= 0.3 is 5.97 Å². The number of rotatable bonds is 17. The van der Waals surface area contributed by atoms with Crippen LogP contribution in [0.25, 0.3) is 0 Å². The summed E-state index contributed by atoms with van der Waals surface area (Å²) in [7, 11) is 0. The number of ether oxygens (including phenoxy) is 2. The number of fused-ring (bicyclic) bond motifs is 2. The molecule has 21 heteroatoms. The molecule has 1 amide bonds. The molecule has 6 heterocycles. The van der Waals surface area contributed by atoms with Crippen LogP contribution in [0.2, 0.25) is 10.0 Å². The van der Waals surface area contributed by atoms with E-state index < -0.39 is 5.97 Å². The van der Waals surface area contributed by atoms with Gasteiger partial charge in [0.25, 0.3) is 5.91 Å². The fourth-order valence-corrected chi connectivity index (χ4v) is 9.58. The van der Waals surface area contributed by atoms with Crippen LogP contribution < -0.4 is 31.5 Å². The van der Waals surface area contributed by atoms with Gasteiger partial charge in [-0.25, -0.2) is 14.8 Å². The van der Waals surface area contributed by atoms with Crippen molar-refractivity contribution in [2.45, 2.75) is 39.1 Å². The maximum Gasteiger partial charge on any atom is 0.341 e. The van der Waals surface area contributed by atoms with E-state index in [9.17, 15) is 24.9 Å². The van der Waals surface area contributed by atoms with Crippen molar-refractivity contribution in [3.8, 4) is 0 Å². The molecule has 2 aromatic carbocycles. The second-order valence-corrected chi connectivity index (χ2v) is 19.1. The topological polar surface area (TPSA) is 240 Å². The fourth-order valence-electron chi connectivity index (χ4n) is 9.05. The number of carboxylic acids is 1. The fraction of sp³-hybridized carbons (Fsp3) is 0.542. The third-order valence-corrected chi connectivity index (χ3v) is 14.1. The Labute approximate surface area is 412 Å². The van der Waals surface area contributed by atoms with Crippen LogP contribution in [0.3, 0.4) is 0 Å². The first-order chi connectivity index (χ1) is 33.6.